The van der Waals surface area contributed by atoms with E-state index in [2.05, 4.69) is 27.9 Å². The summed E-state index contributed by atoms with van der Waals surface area (Å²) in [4.78, 5) is 1.38. The Morgan fingerprint density at radius 3 is 2.94 bits per heavy atom. The third-order valence-corrected chi connectivity index (χ3v) is 3.45. The smallest absolute Gasteiger partial charge is 0.147 e. The fraction of sp³-hybridized carbons (Fsp3) is 0.364. The molecule has 0 aromatic carbocycles. The molecular weight excluding hydrogens is 220 g/mol. The van der Waals surface area contributed by atoms with Gasteiger partial charge in [0.2, 0.25) is 0 Å². The van der Waals surface area contributed by atoms with Crippen LogP contribution in [0.2, 0.25) is 0 Å². The highest BCUT2D eigenvalue weighted by Crippen LogP contribution is 2.20. The van der Waals surface area contributed by atoms with E-state index >= 15 is 0 Å². The van der Waals surface area contributed by atoms with Crippen LogP contribution in [0.5, 0.6) is 0 Å². The lowest BCUT2D eigenvalue weighted by molar-refractivity contribution is 0.757. The third-order valence-electron chi connectivity index (χ3n) is 2.51. The number of nitrogens with one attached hydrogen (secondary N) is 1. The van der Waals surface area contributed by atoms with Crippen LogP contribution in [0.25, 0.3) is 0 Å². The van der Waals surface area contributed by atoms with Crippen LogP contribution in [-0.2, 0) is 13.5 Å². The van der Waals surface area contributed by atoms with Crippen LogP contribution >= 0.6 is 11.3 Å². The SMILES string of the molecule is Cc1nn(C)c(NCCc2cccs2)c1N. The fourth-order valence-electron chi connectivity index (χ4n) is 1.64. The second-order valence-corrected chi connectivity index (χ2v) is 4.76. The number of hydrogen-bond acceptors (Lipinski definition) is 4. The van der Waals surface area contributed by atoms with Gasteiger partial charge in [-0.1, -0.05) is 6.07 Å². The Kier molecular flexibility index (Phi) is 3.14. The Balaban J connectivity index is 1.95. The summed E-state index contributed by atoms with van der Waals surface area (Å²) < 4.78 is 1.79. The largest absolute Gasteiger partial charge is 0.394 e. The molecule has 0 unspecified atom stereocenters. The van der Waals surface area contributed by atoms with E-state index in [9.17, 15) is 0 Å². The number of rotatable bonds is 4. The summed E-state index contributed by atoms with van der Waals surface area (Å²) in [6, 6.07) is 4.22. The molecule has 0 spiro atoms. The number of aryl methyl sites for hydroxylation is 2. The summed E-state index contributed by atoms with van der Waals surface area (Å²) >= 11 is 1.78. The minimum absolute atomic E-state index is 0.744. The number of nitrogens with zero attached hydrogens (tertiary/aromatic N) is 2. The van der Waals surface area contributed by atoms with Crippen molar-refractivity contribution in [3.05, 3.63) is 28.1 Å². The Morgan fingerprint density at radius 2 is 2.38 bits per heavy atom. The number of aromatic nitrogens is 2. The standard InChI is InChI=1S/C11H16N4S/c1-8-10(12)11(15(2)14-8)13-6-5-9-4-3-7-16-9/h3-4,7,13H,5-6,12H2,1-2H3. The maximum atomic E-state index is 5.92. The molecule has 0 amide bonds. The highest BCUT2D eigenvalue weighted by Gasteiger charge is 2.08. The van der Waals surface area contributed by atoms with E-state index in [1.807, 2.05) is 14.0 Å². The molecule has 2 aromatic rings. The quantitative estimate of drug-likeness (QED) is 0.854. The molecule has 0 atom stereocenters. The molecule has 2 rings (SSSR count). The van der Waals surface area contributed by atoms with Crippen molar-refractivity contribution in [3.8, 4) is 0 Å². The number of nitrogens with two attached hydrogens (primary N) is 1. The van der Waals surface area contributed by atoms with E-state index in [0.717, 1.165) is 30.2 Å². The van der Waals surface area contributed by atoms with Gasteiger partial charge in [-0.05, 0) is 24.8 Å². The Bertz CT molecular complexity index is 459. The zero-order chi connectivity index (χ0) is 11.5. The van der Waals surface area contributed by atoms with Crippen LogP contribution in [0.1, 0.15) is 10.6 Å². The highest BCUT2D eigenvalue weighted by atomic mass is 32.1. The lowest BCUT2D eigenvalue weighted by atomic mass is 10.3. The van der Waals surface area contributed by atoms with Gasteiger partial charge in [0.25, 0.3) is 0 Å². The predicted octanol–water partition coefficient (Wildman–Crippen LogP) is 2.03. The second-order valence-electron chi connectivity index (χ2n) is 3.73. The summed E-state index contributed by atoms with van der Waals surface area (Å²) in [5.74, 6) is 0.911. The summed E-state index contributed by atoms with van der Waals surface area (Å²) in [6.07, 6.45) is 1.02. The van der Waals surface area contributed by atoms with E-state index in [-0.39, 0.29) is 0 Å². The number of hydrogen-bond donors (Lipinski definition) is 2. The maximum absolute atomic E-state index is 5.92. The molecule has 16 heavy (non-hydrogen) atoms. The van der Waals surface area contributed by atoms with Gasteiger partial charge in [0.15, 0.2) is 0 Å². The molecule has 0 aliphatic rings. The molecule has 0 fully saturated rings. The molecule has 3 N–H and O–H groups in total. The van der Waals surface area contributed by atoms with Crippen molar-refractivity contribution in [2.24, 2.45) is 7.05 Å². The van der Waals surface area contributed by atoms with E-state index in [4.69, 9.17) is 5.73 Å². The van der Waals surface area contributed by atoms with Crippen molar-refractivity contribution in [1.82, 2.24) is 9.78 Å². The summed E-state index contributed by atoms with van der Waals surface area (Å²) in [5.41, 5.74) is 7.54. The monoisotopic (exact) mass is 236 g/mol. The highest BCUT2D eigenvalue weighted by molar-refractivity contribution is 7.09. The molecule has 86 valence electrons. The van der Waals surface area contributed by atoms with Crippen molar-refractivity contribution in [2.45, 2.75) is 13.3 Å². The van der Waals surface area contributed by atoms with Crippen molar-refractivity contribution in [2.75, 3.05) is 17.6 Å². The van der Waals surface area contributed by atoms with Gasteiger partial charge in [0, 0.05) is 18.5 Å². The summed E-state index contributed by atoms with van der Waals surface area (Å²) in [6.45, 7) is 2.80. The van der Waals surface area contributed by atoms with Crippen molar-refractivity contribution in [3.63, 3.8) is 0 Å². The Hall–Kier alpha value is -1.49. The minimum Gasteiger partial charge on any atom is -0.394 e. The van der Waals surface area contributed by atoms with Crippen molar-refractivity contribution < 1.29 is 0 Å². The molecule has 0 bridgehead atoms. The molecule has 0 aliphatic carbocycles. The summed E-state index contributed by atoms with van der Waals surface area (Å²) in [5, 5.41) is 9.68. The van der Waals surface area contributed by atoms with Crippen molar-refractivity contribution in [1.29, 1.82) is 0 Å². The van der Waals surface area contributed by atoms with E-state index in [0.29, 0.717) is 0 Å². The maximum Gasteiger partial charge on any atom is 0.147 e. The molecule has 0 radical (unpaired) electrons. The molecular formula is C11H16N4S. The lowest BCUT2D eigenvalue weighted by Crippen LogP contribution is -2.09. The number of nitrogen functional groups attached to an aromatic ring is 1. The summed E-state index contributed by atoms with van der Waals surface area (Å²) in [7, 11) is 1.90. The predicted molar refractivity (Wildman–Crippen MR) is 68.9 cm³/mol. The molecule has 0 saturated heterocycles. The zero-order valence-electron chi connectivity index (χ0n) is 9.53. The fourth-order valence-corrected chi connectivity index (χ4v) is 2.35. The molecule has 2 heterocycles. The molecule has 0 saturated carbocycles. The van der Waals surface area contributed by atoms with Gasteiger partial charge in [-0.25, -0.2) is 0 Å². The number of thiophene rings is 1. The van der Waals surface area contributed by atoms with Gasteiger partial charge in [0.1, 0.15) is 5.82 Å². The average molecular weight is 236 g/mol. The van der Waals surface area contributed by atoms with Crippen LogP contribution in [0.4, 0.5) is 11.5 Å². The Morgan fingerprint density at radius 1 is 1.56 bits per heavy atom. The first-order valence-electron chi connectivity index (χ1n) is 5.24. The van der Waals surface area contributed by atoms with Crippen LogP contribution in [-0.4, -0.2) is 16.3 Å². The van der Waals surface area contributed by atoms with Gasteiger partial charge in [-0.15, -0.1) is 11.3 Å². The molecule has 0 aliphatic heterocycles. The first-order chi connectivity index (χ1) is 7.68. The topological polar surface area (TPSA) is 55.9 Å². The number of anilines is 2. The van der Waals surface area contributed by atoms with Gasteiger partial charge in [-0.3, -0.25) is 4.68 Å². The van der Waals surface area contributed by atoms with Gasteiger partial charge >= 0.3 is 0 Å². The normalized spacial score (nSPS) is 10.6. The molecule has 2 aromatic heterocycles. The Labute approximate surface area is 99.1 Å². The zero-order valence-corrected chi connectivity index (χ0v) is 10.3. The lowest BCUT2D eigenvalue weighted by Gasteiger charge is -2.06. The third kappa shape index (κ3) is 2.19. The minimum atomic E-state index is 0.744. The first kappa shape index (κ1) is 11.0. The van der Waals surface area contributed by atoms with E-state index in [1.165, 1.54) is 4.88 Å². The van der Waals surface area contributed by atoms with Gasteiger partial charge < -0.3 is 11.1 Å². The average Bonchev–Trinajstić information content (AvgIpc) is 2.82. The molecule has 4 nitrogen and oxygen atoms in total. The van der Waals surface area contributed by atoms with E-state index < -0.39 is 0 Å². The van der Waals surface area contributed by atoms with Crippen molar-refractivity contribution >= 4 is 22.8 Å². The van der Waals surface area contributed by atoms with Gasteiger partial charge in [-0.2, -0.15) is 5.10 Å². The van der Waals surface area contributed by atoms with Crippen LogP contribution < -0.4 is 11.1 Å². The van der Waals surface area contributed by atoms with E-state index in [1.54, 1.807) is 16.0 Å². The second kappa shape index (κ2) is 4.57. The van der Waals surface area contributed by atoms with Crippen LogP contribution in [0.15, 0.2) is 17.5 Å². The van der Waals surface area contributed by atoms with Crippen LogP contribution in [0.3, 0.4) is 0 Å². The first-order valence-corrected chi connectivity index (χ1v) is 6.12. The van der Waals surface area contributed by atoms with Gasteiger partial charge in [0.05, 0.1) is 11.4 Å². The molecule has 5 heteroatoms. The van der Waals surface area contributed by atoms with Crippen LogP contribution in [0, 0.1) is 6.92 Å².